The van der Waals surface area contributed by atoms with Gasteiger partial charge in [0.25, 0.3) is 0 Å². The Morgan fingerprint density at radius 2 is 1.94 bits per heavy atom. The Kier molecular flexibility index (Phi) is 4.53. The molecule has 2 rings (SSSR count). The van der Waals surface area contributed by atoms with Crippen LogP contribution in [-0.4, -0.2) is 0 Å². The first-order valence-corrected chi connectivity index (χ1v) is 7.15. The summed E-state index contributed by atoms with van der Waals surface area (Å²) < 4.78 is 0. The normalized spacial score (nSPS) is 14.7. The highest BCUT2D eigenvalue weighted by Crippen LogP contribution is 2.39. The van der Waals surface area contributed by atoms with E-state index in [1.165, 1.54) is 43.4 Å². The van der Waals surface area contributed by atoms with Crippen LogP contribution in [0.15, 0.2) is 45.7 Å². The molecule has 86 valence electrons. The highest BCUT2D eigenvalue weighted by Gasteiger charge is 2.14. The van der Waals surface area contributed by atoms with Gasteiger partial charge in [-0.2, -0.15) is 0 Å². The largest absolute Gasteiger partial charge is 0.0946 e. The van der Waals surface area contributed by atoms with E-state index >= 15 is 0 Å². The molecule has 0 atom stereocenters. The molecule has 0 aromatic heterocycles. The average Bonchev–Trinajstić information content (AvgIpc) is 2.25. The van der Waals surface area contributed by atoms with E-state index < -0.39 is 0 Å². The first-order valence-electron chi connectivity index (χ1n) is 6.34. The van der Waals surface area contributed by atoms with Crippen molar-refractivity contribution in [2.45, 2.75) is 50.3 Å². The van der Waals surface area contributed by atoms with E-state index in [-0.39, 0.29) is 0 Å². The number of benzene rings is 1. The molecule has 0 heterocycles. The van der Waals surface area contributed by atoms with Crippen molar-refractivity contribution in [3.63, 3.8) is 0 Å². The van der Waals surface area contributed by atoms with Crippen LogP contribution in [0, 0.1) is 0 Å². The molecule has 1 aromatic carbocycles. The summed E-state index contributed by atoms with van der Waals surface area (Å²) in [5, 5.41) is 0. The molecule has 0 saturated heterocycles. The minimum Gasteiger partial charge on any atom is -0.0946 e. The summed E-state index contributed by atoms with van der Waals surface area (Å²) >= 11 is 1.99. The molecule has 0 bridgehead atoms. The first-order chi connectivity index (χ1) is 7.90. The fraction of sp³-hybridized carbons (Fsp3) is 0.467. The fourth-order valence-electron chi connectivity index (χ4n) is 1.90. The van der Waals surface area contributed by atoms with Gasteiger partial charge in [0.1, 0.15) is 0 Å². The second-order valence-electron chi connectivity index (χ2n) is 4.40. The third-order valence-corrected chi connectivity index (χ3v) is 4.34. The van der Waals surface area contributed by atoms with Gasteiger partial charge >= 0.3 is 0 Å². The van der Waals surface area contributed by atoms with Crippen LogP contribution in [0.3, 0.4) is 0 Å². The van der Waals surface area contributed by atoms with Gasteiger partial charge in [0.2, 0.25) is 0 Å². The summed E-state index contributed by atoms with van der Waals surface area (Å²) in [7, 11) is 0. The summed E-state index contributed by atoms with van der Waals surface area (Å²) in [6.07, 6.45) is 8.01. The lowest BCUT2D eigenvalue weighted by Gasteiger charge is -2.22. The molecule has 0 unspecified atom stereocenters. The zero-order chi connectivity index (χ0) is 11.2. The Balaban J connectivity index is 2.03. The summed E-state index contributed by atoms with van der Waals surface area (Å²) in [6.45, 7) is 2.27. The van der Waals surface area contributed by atoms with Crippen molar-refractivity contribution >= 4 is 11.8 Å². The number of thioether (sulfide) groups is 1. The van der Waals surface area contributed by atoms with Gasteiger partial charge < -0.3 is 0 Å². The van der Waals surface area contributed by atoms with Gasteiger partial charge in [-0.1, -0.05) is 48.9 Å². The quantitative estimate of drug-likeness (QED) is 0.612. The highest BCUT2D eigenvalue weighted by atomic mass is 32.2. The van der Waals surface area contributed by atoms with Crippen LogP contribution in [0.1, 0.15) is 45.4 Å². The topological polar surface area (TPSA) is 0 Å². The predicted molar refractivity (Wildman–Crippen MR) is 72.7 cm³/mol. The summed E-state index contributed by atoms with van der Waals surface area (Å²) in [4.78, 5) is 3.05. The lowest BCUT2D eigenvalue weighted by Crippen LogP contribution is -2.00. The van der Waals surface area contributed by atoms with Gasteiger partial charge in [0.05, 0.1) is 0 Å². The van der Waals surface area contributed by atoms with Gasteiger partial charge in [-0.05, 0) is 49.1 Å². The van der Waals surface area contributed by atoms with Crippen molar-refractivity contribution < 1.29 is 0 Å². The van der Waals surface area contributed by atoms with Crippen LogP contribution in [0.5, 0.6) is 0 Å². The predicted octanol–water partition coefficient (Wildman–Crippen LogP) is 5.41. The molecule has 0 aliphatic heterocycles. The standard InChI is InChI=1S/C15H20S/c1-2-3-12-15(13-8-7-9-13)16-14-10-5-4-6-11-14/h4-6,10-11H,2-3,7-9,12H2,1H3. The number of hydrogen-bond donors (Lipinski definition) is 0. The van der Waals surface area contributed by atoms with E-state index in [2.05, 4.69) is 37.3 Å². The Morgan fingerprint density at radius 3 is 2.50 bits per heavy atom. The molecule has 0 nitrogen and oxygen atoms in total. The van der Waals surface area contributed by atoms with E-state index in [0.29, 0.717) is 0 Å². The molecular formula is C15H20S. The lowest BCUT2D eigenvalue weighted by molar-refractivity contribution is 0.647. The SMILES string of the molecule is CCCCC(Sc1ccccc1)=C1CCC1. The minimum atomic E-state index is 1.28. The zero-order valence-electron chi connectivity index (χ0n) is 10.0. The van der Waals surface area contributed by atoms with Crippen LogP contribution >= 0.6 is 11.8 Å². The monoisotopic (exact) mass is 232 g/mol. The lowest BCUT2D eigenvalue weighted by atomic mass is 9.91. The van der Waals surface area contributed by atoms with E-state index in [0.717, 1.165) is 0 Å². The number of allylic oxidation sites excluding steroid dienone is 2. The van der Waals surface area contributed by atoms with Gasteiger partial charge in [-0.25, -0.2) is 0 Å². The maximum atomic E-state index is 2.27. The van der Waals surface area contributed by atoms with Crippen molar-refractivity contribution in [3.8, 4) is 0 Å². The van der Waals surface area contributed by atoms with Crippen LogP contribution in [0.4, 0.5) is 0 Å². The molecule has 1 aliphatic rings. The molecule has 1 heteroatoms. The molecule has 16 heavy (non-hydrogen) atoms. The molecule has 0 N–H and O–H groups in total. The second kappa shape index (κ2) is 6.15. The Bertz CT molecular complexity index is 345. The molecule has 0 spiro atoms. The molecule has 0 radical (unpaired) electrons. The van der Waals surface area contributed by atoms with E-state index in [1.807, 2.05) is 11.8 Å². The van der Waals surface area contributed by atoms with Crippen molar-refractivity contribution in [2.75, 3.05) is 0 Å². The van der Waals surface area contributed by atoms with Crippen molar-refractivity contribution in [2.24, 2.45) is 0 Å². The fourth-order valence-corrected chi connectivity index (χ4v) is 3.07. The van der Waals surface area contributed by atoms with Crippen molar-refractivity contribution in [1.82, 2.24) is 0 Å². The van der Waals surface area contributed by atoms with Crippen LogP contribution < -0.4 is 0 Å². The summed E-state index contributed by atoms with van der Waals surface area (Å²) in [5.41, 5.74) is 1.72. The van der Waals surface area contributed by atoms with Crippen molar-refractivity contribution in [3.05, 3.63) is 40.8 Å². The van der Waals surface area contributed by atoms with Crippen LogP contribution in [-0.2, 0) is 0 Å². The van der Waals surface area contributed by atoms with Gasteiger partial charge in [-0.3, -0.25) is 0 Å². The molecule has 1 fully saturated rings. The molecule has 1 saturated carbocycles. The molecule has 1 aromatic rings. The Hall–Kier alpha value is -0.690. The molecular weight excluding hydrogens is 212 g/mol. The Morgan fingerprint density at radius 1 is 1.19 bits per heavy atom. The number of unbranched alkanes of at least 4 members (excludes halogenated alkanes) is 1. The first kappa shape index (κ1) is 11.8. The number of hydrogen-bond acceptors (Lipinski definition) is 1. The van der Waals surface area contributed by atoms with Gasteiger partial charge in [0.15, 0.2) is 0 Å². The third-order valence-electron chi connectivity index (χ3n) is 3.09. The van der Waals surface area contributed by atoms with E-state index in [9.17, 15) is 0 Å². The van der Waals surface area contributed by atoms with Crippen LogP contribution in [0.25, 0.3) is 0 Å². The molecule has 0 amide bonds. The average molecular weight is 232 g/mol. The van der Waals surface area contributed by atoms with Gasteiger partial charge in [-0.15, -0.1) is 0 Å². The van der Waals surface area contributed by atoms with E-state index in [1.54, 1.807) is 10.5 Å². The van der Waals surface area contributed by atoms with Crippen molar-refractivity contribution in [1.29, 1.82) is 0 Å². The van der Waals surface area contributed by atoms with Gasteiger partial charge in [0, 0.05) is 4.90 Å². The number of rotatable bonds is 5. The minimum absolute atomic E-state index is 1.28. The maximum Gasteiger partial charge on any atom is 0.0119 e. The third kappa shape index (κ3) is 3.15. The van der Waals surface area contributed by atoms with E-state index in [4.69, 9.17) is 0 Å². The highest BCUT2D eigenvalue weighted by molar-refractivity contribution is 8.03. The smallest absolute Gasteiger partial charge is 0.0119 e. The van der Waals surface area contributed by atoms with Crippen LogP contribution in [0.2, 0.25) is 0 Å². The Labute approximate surface area is 103 Å². The zero-order valence-corrected chi connectivity index (χ0v) is 10.9. The second-order valence-corrected chi connectivity index (χ2v) is 5.57. The molecule has 1 aliphatic carbocycles. The summed E-state index contributed by atoms with van der Waals surface area (Å²) in [6, 6.07) is 10.8. The summed E-state index contributed by atoms with van der Waals surface area (Å²) in [5.74, 6) is 0. The maximum absolute atomic E-state index is 2.27.